The summed E-state index contributed by atoms with van der Waals surface area (Å²) < 4.78 is 10.7. The summed E-state index contributed by atoms with van der Waals surface area (Å²) in [5.74, 6) is -0.438. The second kappa shape index (κ2) is 6.71. The van der Waals surface area contributed by atoms with E-state index in [0.717, 1.165) is 0 Å². The maximum Gasteiger partial charge on any atom is 0.339 e. The van der Waals surface area contributed by atoms with Crippen LogP contribution in [0.5, 0.6) is 0 Å². The number of fused-ring (bicyclic) bond motifs is 1. The van der Waals surface area contributed by atoms with Crippen molar-refractivity contribution in [2.24, 2.45) is 0 Å². The van der Waals surface area contributed by atoms with Crippen LogP contribution in [0.2, 0.25) is 0 Å². The van der Waals surface area contributed by atoms with E-state index in [9.17, 15) is 4.79 Å². The second-order valence-electron chi connectivity index (χ2n) is 8.50. The molecule has 1 aromatic carbocycles. The molecular weight excluding hydrogens is 318 g/mol. The fraction of sp³-hybridized carbons (Fsp3) is 0.650. The average Bonchev–Trinajstić information content (AvgIpc) is 2.67. The first-order valence-electron chi connectivity index (χ1n) is 8.70. The van der Waals surface area contributed by atoms with Gasteiger partial charge in [0.15, 0.2) is 6.10 Å². The molecule has 0 aromatic heterocycles. The van der Waals surface area contributed by atoms with Crippen LogP contribution >= 0.6 is 0 Å². The number of carbonyl (C=O) groups excluding carboxylic acids is 1. The fourth-order valence-corrected chi connectivity index (χ4v) is 3.46. The van der Waals surface area contributed by atoms with Crippen LogP contribution in [0.4, 0.5) is 0 Å². The maximum atomic E-state index is 12.3. The van der Waals surface area contributed by atoms with Crippen LogP contribution < -0.4 is 0 Å². The molecule has 1 heterocycles. The van der Waals surface area contributed by atoms with Gasteiger partial charge in [-0.3, -0.25) is 4.84 Å². The van der Waals surface area contributed by atoms with Crippen molar-refractivity contribution in [3.63, 3.8) is 0 Å². The van der Waals surface area contributed by atoms with Gasteiger partial charge in [0.1, 0.15) is 0 Å². The fourth-order valence-electron chi connectivity index (χ4n) is 3.46. The third-order valence-corrected chi connectivity index (χ3v) is 4.63. The number of hydrogen-bond donors (Lipinski definition) is 0. The monoisotopic (exact) mass is 349 g/mol. The molecule has 0 amide bonds. The second-order valence-corrected chi connectivity index (χ2v) is 8.50. The molecule has 1 aliphatic heterocycles. The normalized spacial score (nSPS) is 20.2. The molecule has 1 atom stereocenters. The van der Waals surface area contributed by atoms with Crippen molar-refractivity contribution in [2.45, 2.75) is 71.2 Å². The summed E-state index contributed by atoms with van der Waals surface area (Å²) in [4.78, 5) is 18.5. The molecule has 0 aliphatic carbocycles. The molecule has 1 unspecified atom stereocenters. The van der Waals surface area contributed by atoms with Gasteiger partial charge in [0.05, 0.1) is 30.4 Å². The number of rotatable bonds is 5. The number of hydrogen-bond acceptors (Lipinski definition) is 5. The molecular formula is C20H31NO4. The first-order chi connectivity index (χ1) is 11.4. The standard InChI is InChI=1S/C20H31NO4/c1-18(2,3)24-13-16(17(22)23-8)25-21-19(4,5)14-11-9-10-12-15(14)20(21,6)7/h9-12,16H,13H2,1-8H3. The lowest BCUT2D eigenvalue weighted by Gasteiger charge is -2.41. The van der Waals surface area contributed by atoms with Crippen molar-refractivity contribution < 1.29 is 19.1 Å². The molecule has 1 aromatic rings. The quantitative estimate of drug-likeness (QED) is 0.758. The minimum atomic E-state index is -0.822. The molecule has 0 N–H and O–H groups in total. The van der Waals surface area contributed by atoms with Crippen LogP contribution in [0, 0.1) is 0 Å². The van der Waals surface area contributed by atoms with Crippen molar-refractivity contribution in [1.82, 2.24) is 5.06 Å². The first-order valence-corrected chi connectivity index (χ1v) is 8.70. The lowest BCUT2D eigenvalue weighted by Crippen LogP contribution is -2.50. The molecule has 0 saturated carbocycles. The van der Waals surface area contributed by atoms with Crippen LogP contribution in [-0.4, -0.2) is 36.5 Å². The number of carbonyl (C=O) groups is 1. The molecule has 0 fully saturated rings. The molecule has 25 heavy (non-hydrogen) atoms. The average molecular weight is 349 g/mol. The molecule has 140 valence electrons. The first kappa shape index (κ1) is 19.9. The van der Waals surface area contributed by atoms with Gasteiger partial charge in [0, 0.05) is 0 Å². The number of benzene rings is 1. The zero-order valence-corrected chi connectivity index (χ0v) is 16.7. The SMILES string of the molecule is COC(=O)C(COC(C)(C)C)ON1C(C)(C)c2ccccc2C1(C)C. The number of methoxy groups -OCH3 is 1. The third-order valence-electron chi connectivity index (χ3n) is 4.63. The third kappa shape index (κ3) is 3.89. The van der Waals surface area contributed by atoms with Crippen LogP contribution in [0.25, 0.3) is 0 Å². The van der Waals surface area contributed by atoms with E-state index < -0.39 is 12.1 Å². The summed E-state index contributed by atoms with van der Waals surface area (Å²) >= 11 is 0. The Hall–Kier alpha value is -1.43. The summed E-state index contributed by atoms with van der Waals surface area (Å²) in [6, 6.07) is 8.28. The van der Waals surface area contributed by atoms with Crippen LogP contribution in [0.3, 0.4) is 0 Å². The highest BCUT2D eigenvalue weighted by Gasteiger charge is 2.51. The highest BCUT2D eigenvalue weighted by molar-refractivity contribution is 5.74. The summed E-state index contributed by atoms with van der Waals surface area (Å²) in [5.41, 5.74) is 1.26. The van der Waals surface area contributed by atoms with E-state index in [1.807, 2.05) is 38.0 Å². The number of ether oxygens (including phenoxy) is 2. The van der Waals surface area contributed by atoms with E-state index in [4.69, 9.17) is 14.3 Å². The van der Waals surface area contributed by atoms with Gasteiger partial charge >= 0.3 is 5.97 Å². The summed E-state index contributed by atoms with van der Waals surface area (Å²) in [7, 11) is 1.37. The van der Waals surface area contributed by atoms with Crippen molar-refractivity contribution >= 4 is 5.97 Å². The molecule has 0 spiro atoms. The maximum absolute atomic E-state index is 12.3. The molecule has 0 bridgehead atoms. The number of esters is 1. The van der Waals surface area contributed by atoms with Gasteiger partial charge in [-0.1, -0.05) is 24.3 Å². The smallest absolute Gasteiger partial charge is 0.339 e. The number of nitrogens with zero attached hydrogens (tertiary/aromatic N) is 1. The van der Waals surface area contributed by atoms with E-state index in [1.165, 1.54) is 18.2 Å². The molecule has 5 nitrogen and oxygen atoms in total. The summed E-state index contributed by atoms with van der Waals surface area (Å²) in [5, 5.41) is 1.90. The molecule has 2 rings (SSSR count). The zero-order chi connectivity index (χ0) is 19.0. The van der Waals surface area contributed by atoms with Crippen LogP contribution in [0.1, 0.15) is 59.6 Å². The Morgan fingerprint density at radius 1 is 1.08 bits per heavy atom. The Morgan fingerprint density at radius 3 is 1.96 bits per heavy atom. The van der Waals surface area contributed by atoms with Gasteiger partial charge in [-0.25, -0.2) is 4.79 Å². The highest BCUT2D eigenvalue weighted by Crippen LogP contribution is 2.49. The predicted molar refractivity (Wildman–Crippen MR) is 96.9 cm³/mol. The minimum absolute atomic E-state index is 0.134. The van der Waals surface area contributed by atoms with Gasteiger partial charge in [-0.2, -0.15) is 5.06 Å². The topological polar surface area (TPSA) is 48.0 Å². The molecule has 1 aliphatic rings. The lowest BCUT2D eigenvalue weighted by atomic mass is 9.91. The predicted octanol–water partition coefficient (Wildman–Crippen LogP) is 3.76. The molecule has 5 heteroatoms. The van der Waals surface area contributed by atoms with Crippen LogP contribution in [-0.2, 0) is 30.2 Å². The Kier molecular flexibility index (Phi) is 5.34. The summed E-state index contributed by atoms with van der Waals surface area (Å²) in [6.45, 7) is 14.4. The van der Waals surface area contributed by atoms with E-state index >= 15 is 0 Å². The van der Waals surface area contributed by atoms with Gasteiger partial charge in [-0.15, -0.1) is 0 Å². The highest BCUT2D eigenvalue weighted by atomic mass is 16.7. The lowest BCUT2D eigenvalue weighted by molar-refractivity contribution is -0.294. The Morgan fingerprint density at radius 2 is 1.56 bits per heavy atom. The van der Waals surface area contributed by atoms with Gasteiger partial charge in [0.2, 0.25) is 0 Å². The van der Waals surface area contributed by atoms with Gasteiger partial charge < -0.3 is 9.47 Å². The van der Waals surface area contributed by atoms with Gasteiger partial charge in [-0.05, 0) is 59.6 Å². The van der Waals surface area contributed by atoms with E-state index in [2.05, 4.69) is 39.8 Å². The Balaban J connectivity index is 2.31. The van der Waals surface area contributed by atoms with Crippen molar-refractivity contribution in [3.05, 3.63) is 35.4 Å². The zero-order valence-electron chi connectivity index (χ0n) is 16.7. The summed E-state index contributed by atoms with van der Waals surface area (Å²) in [6.07, 6.45) is -0.822. The van der Waals surface area contributed by atoms with Crippen molar-refractivity contribution in [3.8, 4) is 0 Å². The molecule has 0 radical (unpaired) electrons. The Labute approximate surface area is 151 Å². The van der Waals surface area contributed by atoms with E-state index in [-0.39, 0.29) is 23.3 Å². The minimum Gasteiger partial charge on any atom is -0.467 e. The molecule has 0 saturated heterocycles. The van der Waals surface area contributed by atoms with Gasteiger partial charge in [0.25, 0.3) is 0 Å². The van der Waals surface area contributed by atoms with E-state index in [0.29, 0.717) is 0 Å². The van der Waals surface area contributed by atoms with Crippen molar-refractivity contribution in [1.29, 1.82) is 0 Å². The van der Waals surface area contributed by atoms with E-state index in [1.54, 1.807) is 0 Å². The van der Waals surface area contributed by atoms with Crippen molar-refractivity contribution in [2.75, 3.05) is 13.7 Å². The van der Waals surface area contributed by atoms with Crippen LogP contribution in [0.15, 0.2) is 24.3 Å². The largest absolute Gasteiger partial charge is 0.467 e. The Bertz CT molecular complexity index is 596. The number of hydroxylamine groups is 2.